The lowest BCUT2D eigenvalue weighted by Crippen LogP contribution is -2.33. The Balaban J connectivity index is 1.82. The maximum Gasteiger partial charge on any atom is 0.287 e. The molecule has 186 valence electrons. The molecule has 36 heavy (non-hydrogen) atoms. The molecule has 0 spiro atoms. The summed E-state index contributed by atoms with van der Waals surface area (Å²) in [5.74, 6) is -0.736. The summed E-state index contributed by atoms with van der Waals surface area (Å²) in [6.07, 6.45) is 2.83. The molecule has 3 aromatic rings. The predicted octanol–water partition coefficient (Wildman–Crippen LogP) is 4.43. The number of hydrazone groups is 1. The van der Waals surface area contributed by atoms with Gasteiger partial charge in [-0.25, -0.2) is 5.43 Å². The lowest BCUT2D eigenvalue weighted by atomic mass is 10.1. The molecule has 0 radical (unpaired) electrons. The van der Waals surface area contributed by atoms with Crippen LogP contribution in [0, 0.1) is 0 Å². The number of carbonyl (C=O) groups is 2. The number of anilines is 1. The van der Waals surface area contributed by atoms with Gasteiger partial charge in [0.25, 0.3) is 11.8 Å². The number of benzene rings is 3. The van der Waals surface area contributed by atoms with Gasteiger partial charge in [-0.15, -0.1) is 0 Å². The van der Waals surface area contributed by atoms with Gasteiger partial charge in [0, 0.05) is 31.4 Å². The molecule has 0 aliphatic rings. The standard InChI is InChI=1S/C27H27ClN4O4/c1-4-36-21-14-11-19(25(33)16-21)17-29-31-27(35)24(15-18-9-12-20(13-10-18)32(2)3)30-26(34)22-7-5-6-8-23(22)28/h5-17,33H,4H2,1-3H3,(H,30,34)(H,31,35)/b24-15+,29-17-. The molecule has 3 aromatic carbocycles. The summed E-state index contributed by atoms with van der Waals surface area (Å²) in [6, 6.07) is 18.7. The SMILES string of the molecule is CCOc1ccc(/C=N\NC(=O)/C(=C\c2ccc(N(C)C)cc2)NC(=O)c2ccccc2Cl)c(O)c1. The number of hydrogen-bond acceptors (Lipinski definition) is 6. The minimum atomic E-state index is -0.659. The van der Waals surface area contributed by atoms with Crippen LogP contribution in [0.1, 0.15) is 28.4 Å². The van der Waals surface area contributed by atoms with Crippen molar-refractivity contribution in [2.75, 3.05) is 25.6 Å². The first kappa shape index (κ1) is 26.3. The van der Waals surface area contributed by atoms with Crippen LogP contribution in [0.15, 0.2) is 77.5 Å². The number of rotatable bonds is 9. The van der Waals surface area contributed by atoms with E-state index in [2.05, 4.69) is 15.8 Å². The van der Waals surface area contributed by atoms with Crippen molar-refractivity contribution < 1.29 is 19.4 Å². The molecule has 0 atom stereocenters. The second kappa shape index (κ2) is 12.4. The number of phenolic OH excluding ortho intramolecular Hbond substituents is 1. The maximum atomic E-state index is 13.0. The van der Waals surface area contributed by atoms with Crippen LogP contribution >= 0.6 is 11.6 Å². The smallest absolute Gasteiger partial charge is 0.287 e. The maximum absolute atomic E-state index is 13.0. The van der Waals surface area contributed by atoms with Crippen molar-refractivity contribution in [2.24, 2.45) is 5.10 Å². The van der Waals surface area contributed by atoms with Gasteiger partial charge in [0.05, 0.1) is 23.4 Å². The second-order valence-electron chi connectivity index (χ2n) is 7.83. The monoisotopic (exact) mass is 506 g/mol. The molecule has 0 aliphatic carbocycles. The zero-order chi connectivity index (χ0) is 26.1. The summed E-state index contributed by atoms with van der Waals surface area (Å²) in [4.78, 5) is 27.7. The normalized spacial score (nSPS) is 11.3. The van der Waals surface area contributed by atoms with Gasteiger partial charge in [-0.3, -0.25) is 9.59 Å². The number of halogens is 1. The van der Waals surface area contributed by atoms with E-state index in [1.165, 1.54) is 18.4 Å². The molecular formula is C27H27ClN4O4. The molecule has 0 aliphatic heterocycles. The van der Waals surface area contributed by atoms with Crippen molar-refractivity contribution in [1.29, 1.82) is 0 Å². The summed E-state index contributed by atoms with van der Waals surface area (Å²) >= 11 is 6.14. The average molecular weight is 507 g/mol. The van der Waals surface area contributed by atoms with E-state index in [4.69, 9.17) is 16.3 Å². The molecule has 9 heteroatoms. The molecule has 0 fully saturated rings. The summed E-state index contributed by atoms with van der Waals surface area (Å²) in [6.45, 7) is 2.31. The highest BCUT2D eigenvalue weighted by atomic mass is 35.5. The van der Waals surface area contributed by atoms with Gasteiger partial charge < -0.3 is 20.1 Å². The van der Waals surface area contributed by atoms with E-state index in [1.807, 2.05) is 50.2 Å². The molecule has 0 saturated heterocycles. The van der Waals surface area contributed by atoms with Crippen LogP contribution in [0.25, 0.3) is 6.08 Å². The third-order valence-corrected chi connectivity index (χ3v) is 5.34. The zero-order valence-corrected chi connectivity index (χ0v) is 20.9. The first-order chi connectivity index (χ1) is 17.3. The van der Waals surface area contributed by atoms with Gasteiger partial charge in [0.1, 0.15) is 17.2 Å². The second-order valence-corrected chi connectivity index (χ2v) is 8.24. The van der Waals surface area contributed by atoms with E-state index < -0.39 is 11.8 Å². The highest BCUT2D eigenvalue weighted by Gasteiger charge is 2.16. The molecule has 8 nitrogen and oxygen atoms in total. The van der Waals surface area contributed by atoms with Crippen molar-refractivity contribution >= 4 is 41.4 Å². The Labute approximate surface area is 214 Å². The molecule has 3 N–H and O–H groups in total. The van der Waals surface area contributed by atoms with Crippen LogP contribution in [-0.4, -0.2) is 43.8 Å². The number of aromatic hydroxyl groups is 1. The molecule has 3 rings (SSSR count). The Kier molecular flexibility index (Phi) is 9.07. The highest BCUT2D eigenvalue weighted by Crippen LogP contribution is 2.22. The Hall–Kier alpha value is -4.30. The van der Waals surface area contributed by atoms with E-state index in [0.717, 1.165) is 5.69 Å². The highest BCUT2D eigenvalue weighted by molar-refractivity contribution is 6.34. The fourth-order valence-corrected chi connectivity index (χ4v) is 3.36. The van der Waals surface area contributed by atoms with E-state index in [-0.39, 0.29) is 22.0 Å². The fourth-order valence-electron chi connectivity index (χ4n) is 3.14. The number of phenols is 1. The van der Waals surface area contributed by atoms with Crippen molar-refractivity contribution in [3.63, 3.8) is 0 Å². The molecule has 0 aromatic heterocycles. The summed E-state index contributed by atoms with van der Waals surface area (Å²) in [5, 5.41) is 17.0. The number of hydrogen-bond donors (Lipinski definition) is 3. The van der Waals surface area contributed by atoms with Crippen LogP contribution in [0.5, 0.6) is 11.5 Å². The summed E-state index contributed by atoms with van der Waals surface area (Å²) < 4.78 is 5.34. The van der Waals surface area contributed by atoms with Crippen LogP contribution in [-0.2, 0) is 4.79 Å². The van der Waals surface area contributed by atoms with Gasteiger partial charge in [0.15, 0.2) is 0 Å². The van der Waals surface area contributed by atoms with Gasteiger partial charge in [-0.2, -0.15) is 5.10 Å². The Morgan fingerprint density at radius 3 is 2.44 bits per heavy atom. The van der Waals surface area contributed by atoms with Crippen molar-refractivity contribution in [3.05, 3.63) is 94.1 Å². The quantitative estimate of drug-likeness (QED) is 0.226. The molecular weight excluding hydrogens is 480 g/mol. The largest absolute Gasteiger partial charge is 0.507 e. The number of carbonyl (C=O) groups excluding carboxylic acids is 2. The minimum absolute atomic E-state index is 0.0365. The van der Waals surface area contributed by atoms with Gasteiger partial charge in [-0.1, -0.05) is 35.9 Å². The first-order valence-corrected chi connectivity index (χ1v) is 11.5. The van der Waals surface area contributed by atoms with Gasteiger partial charge in [-0.05, 0) is 55.0 Å². The lowest BCUT2D eigenvalue weighted by Gasteiger charge is -2.13. The molecule has 0 saturated carbocycles. The zero-order valence-electron chi connectivity index (χ0n) is 20.2. The average Bonchev–Trinajstić information content (AvgIpc) is 2.85. The Bertz CT molecular complexity index is 1290. The van der Waals surface area contributed by atoms with E-state index >= 15 is 0 Å². The fraction of sp³-hybridized carbons (Fsp3) is 0.148. The molecule has 0 bridgehead atoms. The predicted molar refractivity (Wildman–Crippen MR) is 143 cm³/mol. The lowest BCUT2D eigenvalue weighted by molar-refractivity contribution is -0.117. The first-order valence-electron chi connectivity index (χ1n) is 11.1. The minimum Gasteiger partial charge on any atom is -0.507 e. The number of nitrogens with zero attached hydrogens (tertiary/aromatic N) is 2. The van der Waals surface area contributed by atoms with Gasteiger partial charge >= 0.3 is 0 Å². The van der Waals surface area contributed by atoms with Crippen molar-refractivity contribution in [2.45, 2.75) is 6.92 Å². The topological polar surface area (TPSA) is 103 Å². The molecule has 0 heterocycles. The summed E-state index contributed by atoms with van der Waals surface area (Å²) in [5.41, 5.74) is 4.63. The van der Waals surface area contributed by atoms with E-state index in [1.54, 1.807) is 36.4 Å². The third kappa shape index (κ3) is 7.10. The number of ether oxygens (including phenoxy) is 1. The molecule has 0 unspecified atom stereocenters. The van der Waals surface area contributed by atoms with Crippen LogP contribution in [0.2, 0.25) is 5.02 Å². The van der Waals surface area contributed by atoms with E-state index in [9.17, 15) is 14.7 Å². The molecule has 2 amide bonds. The summed E-state index contributed by atoms with van der Waals surface area (Å²) in [7, 11) is 3.85. The van der Waals surface area contributed by atoms with Crippen LogP contribution < -0.4 is 20.4 Å². The van der Waals surface area contributed by atoms with Gasteiger partial charge in [0.2, 0.25) is 0 Å². The Morgan fingerprint density at radius 2 is 1.81 bits per heavy atom. The van der Waals surface area contributed by atoms with Crippen LogP contribution in [0.4, 0.5) is 5.69 Å². The van der Waals surface area contributed by atoms with Crippen molar-refractivity contribution in [1.82, 2.24) is 10.7 Å². The van der Waals surface area contributed by atoms with Crippen LogP contribution in [0.3, 0.4) is 0 Å². The number of amides is 2. The number of nitrogens with one attached hydrogen (secondary N) is 2. The van der Waals surface area contributed by atoms with Crippen molar-refractivity contribution in [3.8, 4) is 11.5 Å². The Morgan fingerprint density at radius 1 is 1.08 bits per heavy atom. The van der Waals surface area contributed by atoms with E-state index in [0.29, 0.717) is 23.5 Å². The third-order valence-electron chi connectivity index (χ3n) is 5.01.